The van der Waals surface area contributed by atoms with Crippen LogP contribution in [0.2, 0.25) is 0 Å². The lowest BCUT2D eigenvalue weighted by molar-refractivity contribution is -0.151. The lowest BCUT2D eigenvalue weighted by atomic mass is 10.00. The molecule has 2 rings (SSSR count). The van der Waals surface area contributed by atoms with E-state index in [4.69, 9.17) is 9.84 Å². The van der Waals surface area contributed by atoms with E-state index in [9.17, 15) is 9.59 Å². The Bertz CT molecular complexity index is 323. The van der Waals surface area contributed by atoms with Crippen molar-refractivity contribution in [3.05, 3.63) is 0 Å². The van der Waals surface area contributed by atoms with Crippen molar-refractivity contribution in [2.75, 3.05) is 24.7 Å². The van der Waals surface area contributed by atoms with Gasteiger partial charge in [0.2, 0.25) is 5.91 Å². The molecule has 6 heteroatoms. The maximum Gasteiger partial charge on any atom is 0.327 e. The van der Waals surface area contributed by atoms with Crippen molar-refractivity contribution in [2.45, 2.75) is 25.5 Å². The molecule has 0 spiro atoms. The predicted molar refractivity (Wildman–Crippen MR) is 64.0 cm³/mol. The van der Waals surface area contributed by atoms with E-state index in [-0.39, 0.29) is 17.9 Å². The molecule has 96 valence electrons. The van der Waals surface area contributed by atoms with Crippen LogP contribution < -0.4 is 0 Å². The van der Waals surface area contributed by atoms with Gasteiger partial charge in [-0.2, -0.15) is 11.8 Å². The van der Waals surface area contributed by atoms with Crippen molar-refractivity contribution in [3.8, 4) is 0 Å². The molecule has 2 saturated heterocycles. The second kappa shape index (κ2) is 5.27. The number of amides is 1. The Morgan fingerprint density at radius 3 is 2.82 bits per heavy atom. The number of nitrogens with zero attached hydrogens (tertiary/aromatic N) is 1. The van der Waals surface area contributed by atoms with Crippen LogP contribution in [0.3, 0.4) is 0 Å². The van der Waals surface area contributed by atoms with Gasteiger partial charge in [0.05, 0.1) is 12.0 Å². The highest BCUT2D eigenvalue weighted by Crippen LogP contribution is 2.26. The van der Waals surface area contributed by atoms with Crippen LogP contribution in [0.25, 0.3) is 0 Å². The zero-order valence-electron chi connectivity index (χ0n) is 9.80. The summed E-state index contributed by atoms with van der Waals surface area (Å²) in [6.45, 7) is 3.01. The van der Waals surface area contributed by atoms with E-state index in [1.165, 1.54) is 4.90 Å². The van der Waals surface area contributed by atoms with Crippen LogP contribution in [0, 0.1) is 5.92 Å². The highest BCUT2D eigenvalue weighted by Gasteiger charge is 2.39. The molecule has 1 amide bonds. The van der Waals surface area contributed by atoms with Crippen LogP contribution in [0.1, 0.15) is 13.3 Å². The second-order valence-electron chi connectivity index (χ2n) is 4.43. The normalized spacial score (nSPS) is 33.7. The summed E-state index contributed by atoms with van der Waals surface area (Å²) in [5.41, 5.74) is 0. The number of ether oxygens (including phenoxy) is 1. The number of hydrogen-bond donors (Lipinski definition) is 1. The number of carbonyl (C=O) groups excluding carboxylic acids is 1. The standard InChI is InChI=1S/C11H17NO4S/c1-7-8(2-4-16-7)10(13)12-3-5-17-6-9(12)11(14)15/h7-9H,2-6H2,1H3,(H,14,15). The van der Waals surface area contributed by atoms with Crippen LogP contribution in [-0.2, 0) is 14.3 Å². The molecule has 5 nitrogen and oxygen atoms in total. The molecule has 0 bridgehead atoms. The van der Waals surface area contributed by atoms with Crippen LogP contribution in [0.4, 0.5) is 0 Å². The molecule has 2 aliphatic heterocycles. The Kier molecular flexibility index (Phi) is 3.93. The molecule has 0 aromatic carbocycles. The molecule has 3 unspecified atom stereocenters. The third-order valence-electron chi connectivity index (χ3n) is 3.39. The maximum atomic E-state index is 12.3. The topological polar surface area (TPSA) is 66.8 Å². The summed E-state index contributed by atoms with van der Waals surface area (Å²) in [6.07, 6.45) is 0.613. The van der Waals surface area contributed by atoms with Crippen LogP contribution >= 0.6 is 11.8 Å². The molecule has 17 heavy (non-hydrogen) atoms. The molecular weight excluding hydrogens is 242 g/mol. The van der Waals surface area contributed by atoms with Gasteiger partial charge in [0.25, 0.3) is 0 Å². The SMILES string of the molecule is CC1OCCC1C(=O)N1CCSCC1C(=O)O. The zero-order chi connectivity index (χ0) is 12.4. The highest BCUT2D eigenvalue weighted by atomic mass is 32.2. The molecule has 3 atom stereocenters. The Morgan fingerprint density at radius 2 is 2.24 bits per heavy atom. The first-order valence-electron chi connectivity index (χ1n) is 5.84. The van der Waals surface area contributed by atoms with E-state index in [0.29, 0.717) is 25.3 Å². The quantitative estimate of drug-likeness (QED) is 0.779. The minimum atomic E-state index is -0.905. The molecule has 0 aliphatic carbocycles. The number of rotatable bonds is 2. The fourth-order valence-corrected chi connectivity index (χ4v) is 3.38. The first kappa shape index (κ1) is 12.7. The van der Waals surface area contributed by atoms with Crippen LogP contribution in [0.5, 0.6) is 0 Å². The average Bonchev–Trinajstić information content (AvgIpc) is 2.74. The molecule has 0 radical (unpaired) electrons. The minimum Gasteiger partial charge on any atom is -0.480 e. The lowest BCUT2D eigenvalue weighted by Crippen LogP contribution is -2.53. The number of aliphatic carboxylic acids is 1. The molecular formula is C11H17NO4S. The van der Waals surface area contributed by atoms with Gasteiger partial charge in [-0.15, -0.1) is 0 Å². The molecule has 1 N–H and O–H groups in total. The highest BCUT2D eigenvalue weighted by molar-refractivity contribution is 7.99. The average molecular weight is 259 g/mol. The van der Waals surface area contributed by atoms with Gasteiger partial charge in [0.1, 0.15) is 6.04 Å². The fraction of sp³-hybridized carbons (Fsp3) is 0.818. The summed E-state index contributed by atoms with van der Waals surface area (Å²) in [4.78, 5) is 24.9. The predicted octanol–water partition coefficient (Wildman–Crippen LogP) is 0.440. The third kappa shape index (κ3) is 2.57. The van der Waals surface area contributed by atoms with Gasteiger partial charge in [-0.1, -0.05) is 0 Å². The fourth-order valence-electron chi connectivity index (χ4n) is 2.34. The first-order valence-corrected chi connectivity index (χ1v) is 6.99. The molecule has 2 heterocycles. The Hall–Kier alpha value is -0.750. The summed E-state index contributed by atoms with van der Waals surface area (Å²) in [5.74, 6) is 0.181. The number of carboxylic acids is 1. The lowest BCUT2D eigenvalue weighted by Gasteiger charge is -2.34. The Morgan fingerprint density at radius 1 is 1.47 bits per heavy atom. The van der Waals surface area contributed by atoms with Gasteiger partial charge in [0, 0.05) is 24.7 Å². The van der Waals surface area contributed by atoms with Crippen molar-refractivity contribution in [1.82, 2.24) is 4.90 Å². The van der Waals surface area contributed by atoms with Gasteiger partial charge in [-0.3, -0.25) is 4.79 Å². The van der Waals surface area contributed by atoms with E-state index < -0.39 is 12.0 Å². The monoisotopic (exact) mass is 259 g/mol. The van der Waals surface area contributed by atoms with Gasteiger partial charge in [0.15, 0.2) is 0 Å². The zero-order valence-corrected chi connectivity index (χ0v) is 10.6. The summed E-state index contributed by atoms with van der Waals surface area (Å²) >= 11 is 1.59. The van der Waals surface area contributed by atoms with Gasteiger partial charge in [-0.05, 0) is 13.3 Å². The molecule has 2 aliphatic rings. The molecule has 0 saturated carbocycles. The number of thioether (sulfide) groups is 1. The number of carboxylic acid groups (broad SMARTS) is 1. The van der Waals surface area contributed by atoms with E-state index in [1.54, 1.807) is 11.8 Å². The van der Waals surface area contributed by atoms with Crippen molar-refractivity contribution < 1.29 is 19.4 Å². The van der Waals surface area contributed by atoms with Gasteiger partial charge >= 0.3 is 5.97 Å². The third-order valence-corrected chi connectivity index (χ3v) is 4.41. The second-order valence-corrected chi connectivity index (χ2v) is 5.58. The first-order chi connectivity index (χ1) is 8.11. The Labute approximate surface area is 104 Å². The minimum absolute atomic E-state index is 0.0531. The molecule has 0 aromatic rings. The van der Waals surface area contributed by atoms with Crippen LogP contribution in [-0.4, -0.2) is 58.7 Å². The van der Waals surface area contributed by atoms with Crippen molar-refractivity contribution in [2.24, 2.45) is 5.92 Å². The summed E-state index contributed by atoms with van der Waals surface area (Å²) in [6, 6.07) is -0.672. The number of carbonyl (C=O) groups is 2. The van der Waals surface area contributed by atoms with E-state index in [1.807, 2.05) is 6.92 Å². The molecule has 0 aromatic heterocycles. The van der Waals surface area contributed by atoms with Crippen LogP contribution in [0.15, 0.2) is 0 Å². The summed E-state index contributed by atoms with van der Waals surface area (Å²) in [5, 5.41) is 9.13. The Balaban J connectivity index is 2.08. The van der Waals surface area contributed by atoms with E-state index >= 15 is 0 Å². The van der Waals surface area contributed by atoms with Crippen molar-refractivity contribution in [1.29, 1.82) is 0 Å². The maximum absolute atomic E-state index is 12.3. The molecule has 2 fully saturated rings. The van der Waals surface area contributed by atoms with Gasteiger partial charge < -0.3 is 14.7 Å². The van der Waals surface area contributed by atoms with E-state index in [2.05, 4.69) is 0 Å². The van der Waals surface area contributed by atoms with Crippen molar-refractivity contribution in [3.63, 3.8) is 0 Å². The summed E-state index contributed by atoms with van der Waals surface area (Å²) in [7, 11) is 0. The van der Waals surface area contributed by atoms with Crippen molar-refractivity contribution >= 4 is 23.6 Å². The smallest absolute Gasteiger partial charge is 0.327 e. The number of hydrogen-bond acceptors (Lipinski definition) is 4. The summed E-state index contributed by atoms with van der Waals surface area (Å²) < 4.78 is 5.37. The largest absolute Gasteiger partial charge is 0.480 e. The van der Waals surface area contributed by atoms with Gasteiger partial charge in [-0.25, -0.2) is 4.79 Å². The van der Waals surface area contributed by atoms with E-state index in [0.717, 1.165) is 5.75 Å².